The Morgan fingerprint density at radius 3 is 2.81 bits per heavy atom. The van der Waals surface area contributed by atoms with Crippen LogP contribution in [0.25, 0.3) is 0 Å². The quantitative estimate of drug-likeness (QED) is 0.530. The number of carbonyl (C=O) groups is 1. The molecule has 0 radical (unpaired) electrons. The number of benzene rings is 1. The molecule has 0 heterocycles. The van der Waals surface area contributed by atoms with E-state index in [1.807, 2.05) is 6.07 Å². The highest BCUT2D eigenvalue weighted by molar-refractivity contribution is 9.08. The van der Waals surface area contributed by atoms with E-state index in [2.05, 4.69) is 28.6 Å². The fourth-order valence-electron chi connectivity index (χ4n) is 1.32. The molecular weight excluding hydrogens is 290 g/mol. The van der Waals surface area contributed by atoms with Crippen molar-refractivity contribution in [1.29, 1.82) is 5.26 Å². The van der Waals surface area contributed by atoms with E-state index in [9.17, 15) is 4.79 Å². The van der Waals surface area contributed by atoms with E-state index < -0.39 is 5.97 Å². The Labute approximate surface area is 108 Å². The van der Waals surface area contributed by atoms with Gasteiger partial charge in [0.2, 0.25) is 0 Å². The van der Waals surface area contributed by atoms with Crippen LogP contribution in [0.1, 0.15) is 28.4 Å². The zero-order chi connectivity index (χ0) is 12.1. The third-order valence-corrected chi connectivity index (χ3v) is 2.81. The van der Waals surface area contributed by atoms with Gasteiger partial charge in [-0.2, -0.15) is 5.26 Å². The molecule has 0 aromatic heterocycles. The van der Waals surface area contributed by atoms with Crippen molar-refractivity contribution in [2.24, 2.45) is 0 Å². The van der Waals surface area contributed by atoms with E-state index in [1.165, 1.54) is 0 Å². The summed E-state index contributed by atoms with van der Waals surface area (Å²) >= 11 is 7.45. The first-order valence-corrected chi connectivity index (χ1v) is 6.20. The lowest BCUT2D eigenvalue weighted by atomic mass is 10.0. The molecular formula is C11H10BrNO2S. The topological polar surface area (TPSA) is 50.1 Å². The van der Waals surface area contributed by atoms with Gasteiger partial charge in [0.05, 0.1) is 17.7 Å². The Balaban J connectivity index is 3.34. The number of carbonyl (C=O) groups excluding carboxylic acids is 1. The third-order valence-electron chi connectivity index (χ3n) is 1.95. The first-order chi connectivity index (χ1) is 7.63. The molecule has 1 aromatic rings. The van der Waals surface area contributed by atoms with E-state index in [1.54, 1.807) is 19.1 Å². The summed E-state index contributed by atoms with van der Waals surface area (Å²) in [5.41, 5.74) is 1.32. The van der Waals surface area contributed by atoms with Gasteiger partial charge in [0.15, 0.2) is 0 Å². The van der Waals surface area contributed by atoms with Gasteiger partial charge in [-0.3, -0.25) is 0 Å². The fourth-order valence-corrected chi connectivity index (χ4v) is 2.05. The van der Waals surface area contributed by atoms with E-state index in [0.717, 1.165) is 0 Å². The monoisotopic (exact) mass is 299 g/mol. The predicted molar refractivity (Wildman–Crippen MR) is 67.0 cm³/mol. The second-order valence-corrected chi connectivity index (χ2v) is 4.07. The summed E-state index contributed by atoms with van der Waals surface area (Å²) in [7, 11) is 0. The van der Waals surface area contributed by atoms with Crippen molar-refractivity contribution in [1.82, 2.24) is 0 Å². The summed E-state index contributed by atoms with van der Waals surface area (Å²) in [6.45, 7) is 2.01. The Morgan fingerprint density at radius 2 is 2.31 bits per heavy atom. The number of hydrogen-bond acceptors (Lipinski definition) is 4. The van der Waals surface area contributed by atoms with Gasteiger partial charge in [0, 0.05) is 10.2 Å². The molecule has 84 valence electrons. The van der Waals surface area contributed by atoms with Crippen LogP contribution in [-0.4, -0.2) is 12.6 Å². The fraction of sp³-hybridized carbons (Fsp3) is 0.273. The maximum atomic E-state index is 11.7. The average molecular weight is 300 g/mol. The molecule has 0 unspecified atom stereocenters. The van der Waals surface area contributed by atoms with Crippen molar-refractivity contribution < 1.29 is 9.53 Å². The molecule has 0 aliphatic carbocycles. The first kappa shape index (κ1) is 13.1. The number of alkyl halides is 1. The van der Waals surface area contributed by atoms with Gasteiger partial charge < -0.3 is 4.74 Å². The van der Waals surface area contributed by atoms with Crippen LogP contribution in [0.2, 0.25) is 0 Å². The zero-order valence-electron chi connectivity index (χ0n) is 8.66. The van der Waals surface area contributed by atoms with Gasteiger partial charge in [-0.1, -0.05) is 15.9 Å². The summed E-state index contributed by atoms with van der Waals surface area (Å²) in [4.78, 5) is 12.3. The molecule has 1 rings (SSSR count). The lowest BCUT2D eigenvalue weighted by Gasteiger charge is -2.09. The number of ether oxygens (including phenoxy) is 1. The molecule has 0 aliphatic heterocycles. The largest absolute Gasteiger partial charge is 0.462 e. The van der Waals surface area contributed by atoms with Crippen molar-refractivity contribution >= 4 is 34.5 Å². The summed E-state index contributed by atoms with van der Waals surface area (Å²) in [5, 5.41) is 9.45. The summed E-state index contributed by atoms with van der Waals surface area (Å²) in [5.74, 6) is -0.471. The normalized spacial score (nSPS) is 9.62. The second-order valence-electron chi connectivity index (χ2n) is 2.99. The van der Waals surface area contributed by atoms with Crippen molar-refractivity contribution in [3.8, 4) is 6.07 Å². The van der Waals surface area contributed by atoms with E-state index in [-0.39, 0.29) is 6.61 Å². The molecule has 0 aliphatic rings. The number of nitrogens with zero attached hydrogens (tertiary/aromatic N) is 1. The summed E-state index contributed by atoms with van der Waals surface area (Å²) in [6.07, 6.45) is 0. The molecule has 0 amide bonds. The van der Waals surface area contributed by atoms with Crippen LogP contribution in [0, 0.1) is 11.3 Å². The van der Waals surface area contributed by atoms with E-state index in [4.69, 9.17) is 10.00 Å². The van der Waals surface area contributed by atoms with Crippen LogP contribution in [0.15, 0.2) is 17.0 Å². The molecule has 16 heavy (non-hydrogen) atoms. The number of esters is 1. The van der Waals surface area contributed by atoms with Crippen LogP contribution < -0.4 is 0 Å². The standard InChI is InChI=1S/C11H10BrNO2S/c1-2-15-11(14)10-7(5-12)3-9(16)4-8(10)6-13/h3-4,16H,2,5H2,1H3. The first-order valence-electron chi connectivity index (χ1n) is 4.63. The SMILES string of the molecule is CCOC(=O)c1c(C#N)cc(S)cc1CBr. The number of nitriles is 1. The smallest absolute Gasteiger partial charge is 0.339 e. The molecule has 0 fully saturated rings. The number of halogens is 1. The van der Waals surface area contributed by atoms with Gasteiger partial charge >= 0.3 is 5.97 Å². The van der Waals surface area contributed by atoms with Crippen molar-refractivity contribution in [2.75, 3.05) is 6.61 Å². The van der Waals surface area contributed by atoms with Gasteiger partial charge in [0.1, 0.15) is 6.07 Å². The lowest BCUT2D eigenvalue weighted by molar-refractivity contribution is 0.0525. The number of thiol groups is 1. The Morgan fingerprint density at radius 1 is 1.62 bits per heavy atom. The Bertz CT molecular complexity index is 454. The van der Waals surface area contributed by atoms with Gasteiger partial charge in [-0.15, -0.1) is 12.6 Å². The molecule has 0 bridgehead atoms. The Kier molecular flexibility index (Phi) is 4.84. The van der Waals surface area contributed by atoms with Crippen LogP contribution in [-0.2, 0) is 10.1 Å². The van der Waals surface area contributed by atoms with Gasteiger partial charge in [0.25, 0.3) is 0 Å². The van der Waals surface area contributed by atoms with Crippen molar-refractivity contribution in [3.05, 3.63) is 28.8 Å². The van der Waals surface area contributed by atoms with E-state index >= 15 is 0 Å². The molecule has 3 nitrogen and oxygen atoms in total. The van der Waals surface area contributed by atoms with Crippen LogP contribution in [0.3, 0.4) is 0 Å². The maximum absolute atomic E-state index is 11.7. The molecule has 1 aromatic carbocycles. The zero-order valence-corrected chi connectivity index (χ0v) is 11.1. The highest BCUT2D eigenvalue weighted by Gasteiger charge is 2.17. The minimum Gasteiger partial charge on any atom is -0.462 e. The molecule has 0 saturated carbocycles. The summed E-state index contributed by atoms with van der Waals surface area (Å²) < 4.78 is 4.92. The average Bonchev–Trinajstić information content (AvgIpc) is 2.27. The molecule has 0 saturated heterocycles. The summed E-state index contributed by atoms with van der Waals surface area (Å²) in [6, 6.07) is 5.28. The molecule has 5 heteroatoms. The minimum atomic E-state index is -0.471. The second kappa shape index (κ2) is 5.92. The van der Waals surface area contributed by atoms with Gasteiger partial charge in [-0.25, -0.2) is 4.79 Å². The molecule has 0 atom stereocenters. The van der Waals surface area contributed by atoms with Crippen LogP contribution in [0.5, 0.6) is 0 Å². The highest BCUT2D eigenvalue weighted by atomic mass is 79.9. The third kappa shape index (κ3) is 2.77. The van der Waals surface area contributed by atoms with E-state index in [0.29, 0.717) is 26.9 Å². The number of hydrogen-bond donors (Lipinski definition) is 1. The lowest BCUT2D eigenvalue weighted by Crippen LogP contribution is -2.10. The van der Waals surface area contributed by atoms with Crippen LogP contribution in [0.4, 0.5) is 0 Å². The van der Waals surface area contributed by atoms with Gasteiger partial charge in [-0.05, 0) is 24.6 Å². The minimum absolute atomic E-state index is 0.286. The van der Waals surface area contributed by atoms with Crippen molar-refractivity contribution in [2.45, 2.75) is 17.1 Å². The highest BCUT2D eigenvalue weighted by Crippen LogP contribution is 2.22. The number of rotatable bonds is 3. The predicted octanol–water partition coefficient (Wildman–Crippen LogP) is 2.92. The van der Waals surface area contributed by atoms with Crippen molar-refractivity contribution in [3.63, 3.8) is 0 Å². The molecule has 0 spiro atoms. The van der Waals surface area contributed by atoms with Crippen LogP contribution >= 0.6 is 28.6 Å². The molecule has 0 N–H and O–H groups in total. The maximum Gasteiger partial charge on any atom is 0.339 e. The Hall–Kier alpha value is -0.990.